The smallest absolute Gasteiger partial charge is 0.324 e. The summed E-state index contributed by atoms with van der Waals surface area (Å²) < 4.78 is 5.89. The zero-order chi connectivity index (χ0) is 21.1. The highest BCUT2D eigenvalue weighted by atomic mass is 16.6. The van der Waals surface area contributed by atoms with Crippen LogP contribution in [0.5, 0.6) is 5.75 Å². The van der Waals surface area contributed by atoms with Crippen molar-refractivity contribution < 1.29 is 24.6 Å². The molecule has 1 aromatic rings. The average Bonchev–Trinajstić information content (AvgIpc) is 2.89. The second-order valence-electron chi connectivity index (χ2n) is 7.46. The van der Waals surface area contributed by atoms with Crippen molar-refractivity contribution in [3.05, 3.63) is 42.5 Å². The van der Waals surface area contributed by atoms with Gasteiger partial charge in [-0.05, 0) is 39.5 Å². The van der Waals surface area contributed by atoms with E-state index in [1.165, 1.54) is 32.1 Å². The molecule has 1 saturated carbocycles. The number of ether oxygens (including phenoxy) is 1. The molecule has 154 valence electrons. The van der Waals surface area contributed by atoms with Crippen molar-refractivity contribution in [3.8, 4) is 5.75 Å². The molecule has 2 N–H and O–H groups in total. The van der Waals surface area contributed by atoms with Crippen molar-refractivity contribution in [2.75, 3.05) is 6.61 Å². The Kier molecular flexibility index (Phi) is 6.14. The standard InChI is InChI=1S/C10H19NO.C6H3N3O7/c1-9(2)8-12-10(11-9)6-4-3-5-7-10;10-6-4(8(13)14)1-3(7(11)12)2-5(6)9(15)16/h11H,3-8H2,1-2H3;1-2,10H. The quantitative estimate of drug-likeness (QED) is 0.573. The molecule has 0 aromatic heterocycles. The monoisotopic (exact) mass is 398 g/mol. The molecule has 1 aliphatic carbocycles. The van der Waals surface area contributed by atoms with E-state index in [1.807, 2.05) is 0 Å². The van der Waals surface area contributed by atoms with Gasteiger partial charge in [0.1, 0.15) is 5.72 Å². The molecule has 12 heteroatoms. The van der Waals surface area contributed by atoms with Gasteiger partial charge in [0.25, 0.3) is 11.4 Å². The largest absolute Gasteiger partial charge is 0.497 e. The van der Waals surface area contributed by atoms with Crippen LogP contribution in [0.4, 0.5) is 17.1 Å². The Morgan fingerprint density at radius 1 is 0.964 bits per heavy atom. The second-order valence-corrected chi connectivity index (χ2v) is 7.46. The maximum atomic E-state index is 10.4. The van der Waals surface area contributed by atoms with Crippen LogP contribution in [0.1, 0.15) is 46.0 Å². The average molecular weight is 398 g/mol. The number of aromatic hydroxyl groups is 1. The van der Waals surface area contributed by atoms with E-state index < -0.39 is 37.6 Å². The van der Waals surface area contributed by atoms with E-state index in [9.17, 15) is 30.3 Å². The highest BCUT2D eigenvalue weighted by molar-refractivity contribution is 5.64. The van der Waals surface area contributed by atoms with Crippen molar-refractivity contribution in [3.63, 3.8) is 0 Å². The van der Waals surface area contributed by atoms with Gasteiger partial charge in [-0.1, -0.05) is 6.42 Å². The Morgan fingerprint density at radius 3 is 1.82 bits per heavy atom. The first kappa shape index (κ1) is 21.4. The number of phenolic OH excluding ortho intramolecular Hbond substituents is 1. The summed E-state index contributed by atoms with van der Waals surface area (Å²) in [6.07, 6.45) is 6.44. The zero-order valence-corrected chi connectivity index (χ0v) is 15.5. The van der Waals surface area contributed by atoms with Crippen LogP contribution in [0.15, 0.2) is 12.1 Å². The number of hydrogen-bond acceptors (Lipinski definition) is 9. The van der Waals surface area contributed by atoms with E-state index >= 15 is 0 Å². The number of nitro groups is 3. The van der Waals surface area contributed by atoms with E-state index in [1.54, 1.807) is 0 Å². The molecule has 0 radical (unpaired) electrons. The number of rotatable bonds is 3. The Bertz CT molecular complexity index is 754. The number of hydrogen-bond donors (Lipinski definition) is 2. The van der Waals surface area contributed by atoms with E-state index in [0.717, 1.165) is 6.61 Å². The van der Waals surface area contributed by atoms with E-state index in [4.69, 9.17) is 9.84 Å². The highest BCUT2D eigenvalue weighted by Crippen LogP contribution is 2.39. The summed E-state index contributed by atoms with van der Waals surface area (Å²) >= 11 is 0. The molecule has 12 nitrogen and oxygen atoms in total. The summed E-state index contributed by atoms with van der Waals surface area (Å²) in [6.45, 7) is 5.31. The maximum absolute atomic E-state index is 10.4. The molecule has 0 atom stereocenters. The lowest BCUT2D eigenvalue weighted by Crippen LogP contribution is -2.49. The first-order valence-corrected chi connectivity index (χ1v) is 8.70. The van der Waals surface area contributed by atoms with Crippen LogP contribution in [-0.2, 0) is 4.74 Å². The predicted molar refractivity (Wildman–Crippen MR) is 97.1 cm³/mol. The molecule has 0 bridgehead atoms. The maximum Gasteiger partial charge on any atom is 0.324 e. The third-order valence-electron chi connectivity index (χ3n) is 4.60. The molecule has 1 aromatic carbocycles. The van der Waals surface area contributed by atoms with Crippen molar-refractivity contribution in [1.82, 2.24) is 5.32 Å². The molecule has 1 heterocycles. The Labute approximate surface area is 159 Å². The van der Waals surface area contributed by atoms with Crippen LogP contribution in [0, 0.1) is 30.3 Å². The minimum atomic E-state index is -1.21. The number of nitrogens with zero attached hydrogens (tertiary/aromatic N) is 3. The second kappa shape index (κ2) is 8.02. The fourth-order valence-corrected chi connectivity index (χ4v) is 3.37. The molecule has 3 rings (SSSR count). The molecule has 2 aliphatic rings. The normalized spacial score (nSPS) is 19.5. The molecular formula is C16H22N4O8. The first-order chi connectivity index (χ1) is 13.0. The first-order valence-electron chi connectivity index (χ1n) is 8.70. The summed E-state index contributed by atoms with van der Waals surface area (Å²) in [7, 11) is 0. The minimum absolute atomic E-state index is 0.0573. The Balaban J connectivity index is 0.000000207. The number of non-ortho nitro benzene ring substituents is 1. The van der Waals surface area contributed by atoms with Crippen LogP contribution in [0.3, 0.4) is 0 Å². The summed E-state index contributed by atoms with van der Waals surface area (Å²) in [4.78, 5) is 27.8. The number of benzene rings is 1. The SMILES string of the molecule is CC1(C)COC2(CCCCC2)N1.O=[N+]([O-])c1cc([N+](=O)[O-])c(O)c([N+](=O)[O-])c1. The van der Waals surface area contributed by atoms with Gasteiger partial charge in [0.05, 0.1) is 33.5 Å². The van der Waals surface area contributed by atoms with Gasteiger partial charge in [0.2, 0.25) is 0 Å². The Morgan fingerprint density at radius 2 is 1.46 bits per heavy atom. The molecule has 2 fully saturated rings. The number of nitro benzene ring substituents is 3. The van der Waals surface area contributed by atoms with Gasteiger partial charge in [-0.2, -0.15) is 0 Å². The zero-order valence-electron chi connectivity index (χ0n) is 15.5. The van der Waals surface area contributed by atoms with Crippen LogP contribution in [-0.4, -0.2) is 37.7 Å². The topological polar surface area (TPSA) is 171 Å². The molecule has 1 saturated heterocycles. The van der Waals surface area contributed by atoms with E-state index in [0.29, 0.717) is 12.1 Å². The van der Waals surface area contributed by atoms with Gasteiger partial charge in [0.15, 0.2) is 0 Å². The van der Waals surface area contributed by atoms with Crippen LogP contribution >= 0.6 is 0 Å². The molecule has 0 unspecified atom stereocenters. The van der Waals surface area contributed by atoms with E-state index in [2.05, 4.69) is 19.2 Å². The van der Waals surface area contributed by atoms with E-state index in [-0.39, 0.29) is 11.3 Å². The Hall–Kier alpha value is -2.86. The third-order valence-corrected chi connectivity index (χ3v) is 4.60. The van der Waals surface area contributed by atoms with Gasteiger partial charge in [-0.15, -0.1) is 0 Å². The van der Waals surface area contributed by atoms with Crippen molar-refractivity contribution in [2.24, 2.45) is 0 Å². The van der Waals surface area contributed by atoms with Gasteiger partial charge in [0, 0.05) is 5.54 Å². The molecular weight excluding hydrogens is 376 g/mol. The summed E-state index contributed by atoms with van der Waals surface area (Å²) in [5.74, 6) is -1.21. The lowest BCUT2D eigenvalue weighted by Gasteiger charge is -2.34. The fourth-order valence-electron chi connectivity index (χ4n) is 3.37. The summed E-state index contributed by atoms with van der Waals surface area (Å²) in [6, 6.07) is 0.894. The minimum Gasteiger partial charge on any atom is -0.497 e. The van der Waals surface area contributed by atoms with Crippen LogP contribution in [0.25, 0.3) is 0 Å². The fraction of sp³-hybridized carbons (Fsp3) is 0.625. The lowest BCUT2D eigenvalue weighted by atomic mass is 9.91. The van der Waals surface area contributed by atoms with Gasteiger partial charge in [-0.3, -0.25) is 35.7 Å². The molecule has 0 amide bonds. The van der Waals surface area contributed by atoms with Crippen LogP contribution < -0.4 is 5.32 Å². The van der Waals surface area contributed by atoms with Crippen molar-refractivity contribution in [2.45, 2.75) is 57.2 Å². The van der Waals surface area contributed by atoms with Gasteiger partial charge in [-0.25, -0.2) is 0 Å². The van der Waals surface area contributed by atoms with Gasteiger partial charge >= 0.3 is 11.4 Å². The molecule has 1 spiro atoms. The molecule has 1 aliphatic heterocycles. The summed E-state index contributed by atoms with van der Waals surface area (Å²) in [5.41, 5.74) is -2.75. The molecule has 28 heavy (non-hydrogen) atoms. The predicted octanol–water partition coefficient (Wildman–Crippen LogP) is 3.16. The summed E-state index contributed by atoms with van der Waals surface area (Å²) in [5, 5.41) is 43.8. The number of nitrogens with one attached hydrogen (secondary N) is 1. The third kappa shape index (κ3) is 4.89. The highest BCUT2D eigenvalue weighted by Gasteiger charge is 2.43. The lowest BCUT2D eigenvalue weighted by molar-refractivity contribution is -0.404. The van der Waals surface area contributed by atoms with Crippen LogP contribution in [0.2, 0.25) is 0 Å². The van der Waals surface area contributed by atoms with Gasteiger partial charge < -0.3 is 9.84 Å². The van der Waals surface area contributed by atoms with Crippen molar-refractivity contribution >= 4 is 17.1 Å². The number of phenols is 1. The van der Waals surface area contributed by atoms with Crippen molar-refractivity contribution in [1.29, 1.82) is 0 Å².